The number of hydrogen-bond acceptors (Lipinski definition) is 10. The number of amides is 1. The summed E-state index contributed by atoms with van der Waals surface area (Å²) in [7, 11) is 0. The molecule has 48 heavy (non-hydrogen) atoms. The van der Waals surface area contributed by atoms with E-state index in [0.29, 0.717) is 56.5 Å². The largest absolute Gasteiger partial charge is 0.461 e. The van der Waals surface area contributed by atoms with Crippen LogP contribution in [0.3, 0.4) is 0 Å². The van der Waals surface area contributed by atoms with Crippen LogP contribution in [0.5, 0.6) is 0 Å². The molecule has 4 aliphatic rings. The third kappa shape index (κ3) is 6.05. The van der Waals surface area contributed by atoms with Crippen molar-refractivity contribution in [3.05, 3.63) is 25.2 Å². The third-order valence-corrected chi connectivity index (χ3v) is 14.3. The first-order valence-corrected chi connectivity index (χ1v) is 18.7. The number of anilines is 1. The van der Waals surface area contributed by atoms with Crippen LogP contribution in [0.4, 0.5) is 5.95 Å². The second-order valence-corrected chi connectivity index (χ2v) is 16.7. The van der Waals surface area contributed by atoms with Gasteiger partial charge in [0.1, 0.15) is 17.4 Å². The molecule has 3 saturated carbocycles. The maximum Gasteiger partial charge on any atom is 0.316 e. The molecule has 6 rings (SSSR count). The van der Waals surface area contributed by atoms with Gasteiger partial charge in [-0.3, -0.25) is 14.4 Å². The molecule has 2 aromatic rings. The van der Waals surface area contributed by atoms with E-state index in [2.05, 4.69) is 42.3 Å². The molecule has 262 valence electrons. The highest BCUT2D eigenvalue weighted by Gasteiger charge is 2.68. The van der Waals surface area contributed by atoms with Crippen LogP contribution in [0.25, 0.3) is 11.2 Å². The average Bonchev–Trinajstić information content (AvgIpc) is 3.65. The molecule has 0 radical (unpaired) electrons. The van der Waals surface area contributed by atoms with E-state index in [1.165, 1.54) is 0 Å². The molecule has 11 nitrogen and oxygen atoms in total. The first kappa shape index (κ1) is 34.9. The van der Waals surface area contributed by atoms with E-state index in [1.54, 1.807) is 24.3 Å². The van der Waals surface area contributed by atoms with Gasteiger partial charge >= 0.3 is 5.97 Å². The van der Waals surface area contributed by atoms with Crippen molar-refractivity contribution in [1.29, 1.82) is 0 Å². The number of fused-ring (bicyclic) bond motifs is 1. The van der Waals surface area contributed by atoms with Crippen molar-refractivity contribution in [2.75, 3.05) is 24.6 Å². The number of nitrogens with zero attached hydrogens (tertiary/aromatic N) is 5. The van der Waals surface area contributed by atoms with Gasteiger partial charge in [-0.15, -0.1) is 18.3 Å². The first-order valence-electron chi connectivity index (χ1n) is 17.7. The number of esters is 1. The molecule has 1 saturated heterocycles. The number of aliphatic hydroxyl groups excluding tert-OH is 1. The number of ether oxygens (including phenoxy) is 1. The average molecular weight is 681 g/mol. The Hall–Kier alpha value is -2.99. The Morgan fingerprint density at radius 2 is 1.94 bits per heavy atom. The van der Waals surface area contributed by atoms with Crippen molar-refractivity contribution in [1.82, 2.24) is 24.4 Å². The van der Waals surface area contributed by atoms with Crippen molar-refractivity contribution in [3.63, 3.8) is 0 Å². The Kier molecular flexibility index (Phi) is 9.72. The van der Waals surface area contributed by atoms with Gasteiger partial charge in [0.25, 0.3) is 0 Å². The fourth-order valence-corrected chi connectivity index (χ4v) is 10.7. The van der Waals surface area contributed by atoms with Gasteiger partial charge in [-0.2, -0.15) is 4.98 Å². The van der Waals surface area contributed by atoms with Gasteiger partial charge in [0.2, 0.25) is 11.9 Å². The van der Waals surface area contributed by atoms with Gasteiger partial charge in [-0.25, -0.2) is 9.97 Å². The molecule has 12 heteroatoms. The minimum absolute atomic E-state index is 0.0549. The fourth-order valence-electron chi connectivity index (χ4n) is 9.74. The number of thioether (sulfide) groups is 1. The zero-order valence-electron chi connectivity index (χ0n) is 28.9. The lowest BCUT2D eigenvalue weighted by molar-refractivity contribution is -0.205. The van der Waals surface area contributed by atoms with Crippen LogP contribution in [0.15, 0.2) is 25.2 Å². The Morgan fingerprint density at radius 3 is 2.67 bits per heavy atom. The number of carbonyl (C=O) groups is 3. The molecule has 4 fully saturated rings. The summed E-state index contributed by atoms with van der Waals surface area (Å²) in [4.78, 5) is 54.6. The highest BCUT2D eigenvalue weighted by molar-refractivity contribution is 8.00. The number of ketones is 1. The second-order valence-electron chi connectivity index (χ2n) is 15.4. The van der Waals surface area contributed by atoms with E-state index < -0.39 is 23.0 Å². The number of nitrogen functional groups attached to an aromatic ring is 1. The molecule has 1 amide bonds. The summed E-state index contributed by atoms with van der Waals surface area (Å²) in [6, 6.07) is 0. The molecule has 1 aliphatic heterocycles. The molecule has 0 aromatic carbocycles. The number of piperidine rings is 1. The Bertz CT molecular complexity index is 1560. The number of aliphatic hydroxyl groups is 1. The highest BCUT2D eigenvalue weighted by Crippen LogP contribution is 2.68. The lowest BCUT2D eigenvalue weighted by atomic mass is 9.44. The third-order valence-electron chi connectivity index (χ3n) is 13.0. The Morgan fingerprint density at radius 1 is 1.19 bits per heavy atom. The molecule has 0 unspecified atom stereocenters. The van der Waals surface area contributed by atoms with E-state index >= 15 is 0 Å². The lowest BCUT2D eigenvalue weighted by Gasteiger charge is -2.61. The maximum absolute atomic E-state index is 13.6. The number of imidazole rings is 1. The zero-order valence-corrected chi connectivity index (χ0v) is 29.7. The van der Waals surface area contributed by atoms with Crippen molar-refractivity contribution in [2.45, 2.75) is 109 Å². The van der Waals surface area contributed by atoms with E-state index in [-0.39, 0.29) is 57.8 Å². The molecule has 0 spiro atoms. The Balaban J connectivity index is 1.03. The number of nitrogens with two attached hydrogens (primary N) is 1. The summed E-state index contributed by atoms with van der Waals surface area (Å²) in [5.74, 6) is 0.462. The second kappa shape index (κ2) is 13.4. The molecule has 2 aromatic heterocycles. The van der Waals surface area contributed by atoms with Crippen LogP contribution in [0.2, 0.25) is 0 Å². The smallest absolute Gasteiger partial charge is 0.316 e. The molecule has 3 heterocycles. The van der Waals surface area contributed by atoms with Crippen molar-refractivity contribution in [3.8, 4) is 0 Å². The van der Waals surface area contributed by atoms with Crippen LogP contribution >= 0.6 is 11.8 Å². The van der Waals surface area contributed by atoms with Crippen molar-refractivity contribution in [2.24, 2.45) is 34.0 Å². The molecule has 3 aliphatic carbocycles. The van der Waals surface area contributed by atoms with Crippen molar-refractivity contribution < 1.29 is 24.2 Å². The Labute approximate surface area is 287 Å². The van der Waals surface area contributed by atoms with Gasteiger partial charge in [0.15, 0.2) is 5.65 Å². The minimum atomic E-state index is -0.676. The summed E-state index contributed by atoms with van der Waals surface area (Å²) in [5, 5.41) is 12.0. The number of rotatable bonds is 9. The van der Waals surface area contributed by atoms with E-state index in [1.807, 2.05) is 22.5 Å². The first-order chi connectivity index (χ1) is 22.8. The van der Waals surface area contributed by atoms with Gasteiger partial charge < -0.3 is 25.0 Å². The normalized spacial score (nSPS) is 35.6. The highest BCUT2D eigenvalue weighted by atomic mass is 32.2. The van der Waals surface area contributed by atoms with Gasteiger partial charge in [-0.1, -0.05) is 33.8 Å². The van der Waals surface area contributed by atoms with E-state index in [0.717, 1.165) is 32.1 Å². The van der Waals surface area contributed by atoms with E-state index in [4.69, 9.17) is 10.5 Å². The number of carbonyl (C=O) groups excluding carboxylic acids is 3. The number of aryl methyl sites for hydroxylation is 1. The number of hydrogen-bond donors (Lipinski definition) is 2. The van der Waals surface area contributed by atoms with Gasteiger partial charge in [-0.05, 0) is 62.2 Å². The van der Waals surface area contributed by atoms with Crippen LogP contribution in [-0.4, -0.2) is 83.5 Å². The number of Topliss-reactive ketones (excluding diaryl/α,β-unsaturated/α-hetero) is 1. The quantitative estimate of drug-likeness (QED) is 0.278. The summed E-state index contributed by atoms with van der Waals surface area (Å²) < 4.78 is 8.32. The fraction of sp³-hybridized carbons (Fsp3) is 0.722. The standard InChI is InChI=1S/C36H52N6O5S/c1-6-34(4)18-27(35(5)22(2)9-13-36(23(3)31(34)46)14-10-26(43)30(35)36)47-29(45)20-48-24-11-16-41(17-12-24)28(44)8-7-15-42-21-39-25-19-38-33(37)40-32(25)42/h6,19,21-24,27,30-31,46H,1,7-18,20H2,2-5H3,(H2,37,38,40)/t22-,23+,27-,30-,31+,34-,35+,36+/m1/s1. The molecular formula is C36H52N6O5S. The molecule has 3 N–H and O–H groups in total. The van der Waals surface area contributed by atoms with Crippen LogP contribution in [0.1, 0.15) is 85.5 Å². The maximum atomic E-state index is 13.6. The van der Waals surface area contributed by atoms with Crippen LogP contribution < -0.4 is 5.73 Å². The molecule has 2 bridgehead atoms. The molecular weight excluding hydrogens is 629 g/mol. The number of aromatic nitrogens is 4. The number of likely N-dealkylation sites (tertiary alicyclic amines) is 1. The lowest BCUT2D eigenvalue weighted by Crippen LogP contribution is -2.63. The van der Waals surface area contributed by atoms with Crippen molar-refractivity contribution >= 4 is 46.5 Å². The summed E-state index contributed by atoms with van der Waals surface area (Å²) in [6.45, 7) is 14.6. The SMILES string of the molecule is C=C[C@]1(C)C[C@@H](OC(=O)CSC2CCN(C(=O)CCCn3cnc4cnc(N)nc43)CC2)[C@]2(C)[C@H](C)CC[C@]3(CCC(=O)[C@@H]32)[C@@H](C)[C@@H]1O. The minimum Gasteiger partial charge on any atom is -0.461 e. The summed E-state index contributed by atoms with van der Waals surface area (Å²) in [5.41, 5.74) is 5.63. The zero-order chi connectivity index (χ0) is 34.4. The topological polar surface area (TPSA) is 154 Å². The predicted octanol–water partition coefficient (Wildman–Crippen LogP) is 4.82. The van der Waals surface area contributed by atoms with Crippen LogP contribution in [0, 0.1) is 34.0 Å². The monoisotopic (exact) mass is 680 g/mol. The van der Waals surface area contributed by atoms with E-state index in [9.17, 15) is 19.5 Å². The van der Waals surface area contributed by atoms with Gasteiger partial charge in [0.05, 0.1) is 24.4 Å². The summed E-state index contributed by atoms with van der Waals surface area (Å²) in [6.07, 6.45) is 10.3. The summed E-state index contributed by atoms with van der Waals surface area (Å²) >= 11 is 1.60. The molecule has 8 atom stereocenters. The van der Waals surface area contributed by atoms with Crippen LogP contribution in [-0.2, 0) is 25.7 Å². The van der Waals surface area contributed by atoms with Gasteiger partial charge in [0, 0.05) is 54.5 Å². The predicted molar refractivity (Wildman–Crippen MR) is 186 cm³/mol.